The van der Waals surface area contributed by atoms with Crippen LogP contribution in [0.2, 0.25) is 0 Å². The van der Waals surface area contributed by atoms with E-state index in [0.717, 1.165) is 5.56 Å². The molecule has 2 N–H and O–H groups in total. The van der Waals surface area contributed by atoms with Crippen LogP contribution in [0.5, 0.6) is 5.75 Å². The fraction of sp³-hybridized carbons (Fsp3) is 0.526. The van der Waals surface area contributed by atoms with Crippen LogP contribution in [0.1, 0.15) is 32.3 Å². The summed E-state index contributed by atoms with van der Waals surface area (Å²) in [4.78, 5) is 38.6. The molecule has 0 unspecified atom stereocenters. The van der Waals surface area contributed by atoms with Gasteiger partial charge in [-0.15, -0.1) is 0 Å². The zero-order valence-corrected chi connectivity index (χ0v) is 15.3. The molecule has 1 aromatic rings. The van der Waals surface area contributed by atoms with Gasteiger partial charge in [0.05, 0.1) is 6.04 Å². The van der Waals surface area contributed by atoms with Gasteiger partial charge in [-0.25, -0.2) is 4.79 Å². The second-order valence-corrected chi connectivity index (χ2v) is 7.48. The maximum Gasteiger partial charge on any atom is 0.412 e. The highest BCUT2D eigenvalue weighted by Gasteiger charge is 2.46. The molecular weight excluding hydrogens is 334 g/mol. The second kappa shape index (κ2) is 7.35. The van der Waals surface area contributed by atoms with Crippen LogP contribution >= 0.6 is 0 Å². The topological polar surface area (TPSA) is 87.7 Å². The van der Waals surface area contributed by atoms with Gasteiger partial charge in [-0.3, -0.25) is 9.59 Å². The van der Waals surface area contributed by atoms with E-state index in [2.05, 4.69) is 10.6 Å². The first-order valence-corrected chi connectivity index (χ1v) is 8.99. The lowest BCUT2D eigenvalue weighted by molar-refractivity contribution is -0.147. The summed E-state index contributed by atoms with van der Waals surface area (Å²) in [5.74, 6) is 0.544. The minimum Gasteiger partial charge on any atom is -0.410 e. The number of amides is 3. The lowest BCUT2D eigenvalue weighted by Crippen LogP contribution is -2.61. The third kappa shape index (κ3) is 3.98. The standard InChI is InChI=1S/C19H25N3O4/c1-11(2)8-15-18(24)22-10-13(9-16(22)17(23)21-15)20-19(25)26-14-6-4-12(3)5-7-14/h4-7,11,13,15-16H,8-10H2,1-3H3,(H,20,25)(H,21,23)/t13-,15-,16-/m0/s1. The summed E-state index contributed by atoms with van der Waals surface area (Å²) in [5, 5.41) is 5.57. The van der Waals surface area contributed by atoms with E-state index >= 15 is 0 Å². The van der Waals surface area contributed by atoms with Crippen molar-refractivity contribution in [1.29, 1.82) is 0 Å². The van der Waals surface area contributed by atoms with Crippen molar-refractivity contribution in [1.82, 2.24) is 15.5 Å². The first-order valence-electron chi connectivity index (χ1n) is 8.99. The van der Waals surface area contributed by atoms with Gasteiger partial charge in [0.1, 0.15) is 17.8 Å². The number of carbonyl (C=O) groups is 3. The van der Waals surface area contributed by atoms with E-state index < -0.39 is 18.2 Å². The number of aryl methyl sites for hydroxylation is 1. The average Bonchev–Trinajstić information content (AvgIpc) is 2.98. The number of hydrogen-bond donors (Lipinski definition) is 2. The molecule has 7 nitrogen and oxygen atoms in total. The highest BCUT2D eigenvalue weighted by Crippen LogP contribution is 2.25. The zero-order chi connectivity index (χ0) is 18.8. The van der Waals surface area contributed by atoms with Gasteiger partial charge in [0.15, 0.2) is 0 Å². The first kappa shape index (κ1) is 18.2. The Morgan fingerprint density at radius 1 is 1.31 bits per heavy atom. The van der Waals surface area contributed by atoms with E-state index in [9.17, 15) is 14.4 Å². The molecule has 0 bridgehead atoms. The molecule has 0 radical (unpaired) electrons. The van der Waals surface area contributed by atoms with Crippen molar-refractivity contribution in [3.63, 3.8) is 0 Å². The Labute approximate surface area is 153 Å². The van der Waals surface area contributed by atoms with Crippen molar-refractivity contribution in [2.75, 3.05) is 6.54 Å². The largest absolute Gasteiger partial charge is 0.412 e. The van der Waals surface area contributed by atoms with Crippen LogP contribution in [0.4, 0.5) is 4.79 Å². The second-order valence-electron chi connectivity index (χ2n) is 7.48. The Balaban J connectivity index is 1.58. The predicted molar refractivity (Wildman–Crippen MR) is 95.6 cm³/mol. The van der Waals surface area contributed by atoms with Crippen LogP contribution in [0, 0.1) is 12.8 Å². The van der Waals surface area contributed by atoms with E-state index in [1.165, 1.54) is 0 Å². The van der Waals surface area contributed by atoms with Crippen molar-refractivity contribution >= 4 is 17.9 Å². The van der Waals surface area contributed by atoms with Crippen LogP contribution in [0.15, 0.2) is 24.3 Å². The summed E-state index contributed by atoms with van der Waals surface area (Å²) in [6.07, 6.45) is 0.432. The Bertz CT molecular complexity index is 701. The first-order chi connectivity index (χ1) is 12.3. The van der Waals surface area contributed by atoms with E-state index in [1.54, 1.807) is 17.0 Å². The van der Waals surface area contributed by atoms with Gasteiger partial charge in [-0.05, 0) is 37.8 Å². The highest BCUT2D eigenvalue weighted by molar-refractivity contribution is 5.97. The van der Waals surface area contributed by atoms with Gasteiger partial charge in [-0.2, -0.15) is 0 Å². The molecule has 0 aliphatic carbocycles. The van der Waals surface area contributed by atoms with Gasteiger partial charge >= 0.3 is 6.09 Å². The van der Waals surface area contributed by atoms with Gasteiger partial charge in [0, 0.05) is 6.54 Å². The quantitative estimate of drug-likeness (QED) is 0.855. The molecular formula is C19H25N3O4. The molecule has 2 fully saturated rings. The molecule has 0 spiro atoms. The molecule has 140 valence electrons. The van der Waals surface area contributed by atoms with Crippen molar-refractivity contribution in [3.05, 3.63) is 29.8 Å². The molecule has 2 heterocycles. The third-order valence-corrected chi connectivity index (χ3v) is 4.76. The van der Waals surface area contributed by atoms with Gasteiger partial charge in [0.2, 0.25) is 11.8 Å². The minimum absolute atomic E-state index is 0.0699. The lowest BCUT2D eigenvalue weighted by atomic mass is 9.99. The van der Waals surface area contributed by atoms with Crippen molar-refractivity contribution in [3.8, 4) is 5.75 Å². The zero-order valence-electron chi connectivity index (χ0n) is 15.3. The van der Waals surface area contributed by atoms with Crippen LogP contribution in [-0.2, 0) is 9.59 Å². The molecule has 2 saturated heterocycles. The number of ether oxygens (including phenoxy) is 1. The van der Waals surface area contributed by atoms with Crippen LogP contribution < -0.4 is 15.4 Å². The number of nitrogens with one attached hydrogen (secondary N) is 2. The Morgan fingerprint density at radius 3 is 2.65 bits per heavy atom. The van der Waals surface area contributed by atoms with Crippen molar-refractivity contribution in [2.24, 2.45) is 5.92 Å². The molecule has 26 heavy (non-hydrogen) atoms. The summed E-state index contributed by atoms with van der Waals surface area (Å²) in [6, 6.07) is 5.87. The number of piperazine rings is 1. The number of nitrogens with zero attached hydrogens (tertiary/aromatic N) is 1. The minimum atomic E-state index is -0.578. The van der Waals surface area contributed by atoms with Crippen molar-refractivity contribution in [2.45, 2.75) is 51.7 Å². The summed E-state index contributed by atoms with van der Waals surface area (Å²) in [6.45, 7) is 6.31. The summed E-state index contributed by atoms with van der Waals surface area (Å²) < 4.78 is 5.26. The van der Waals surface area contributed by atoms with E-state index in [1.807, 2.05) is 32.9 Å². The van der Waals surface area contributed by atoms with Crippen LogP contribution in [0.3, 0.4) is 0 Å². The highest BCUT2D eigenvalue weighted by atomic mass is 16.6. The third-order valence-electron chi connectivity index (χ3n) is 4.76. The van der Waals surface area contributed by atoms with Crippen molar-refractivity contribution < 1.29 is 19.1 Å². The fourth-order valence-corrected chi connectivity index (χ4v) is 3.50. The number of benzene rings is 1. The molecule has 2 aliphatic heterocycles. The normalized spacial score (nSPS) is 25.1. The number of hydrogen-bond acceptors (Lipinski definition) is 4. The van der Waals surface area contributed by atoms with E-state index in [4.69, 9.17) is 4.74 Å². The summed E-state index contributed by atoms with van der Waals surface area (Å²) in [7, 11) is 0. The summed E-state index contributed by atoms with van der Waals surface area (Å²) in [5.41, 5.74) is 1.07. The molecule has 2 aliphatic rings. The molecule has 7 heteroatoms. The maximum atomic E-state index is 12.6. The SMILES string of the molecule is Cc1ccc(OC(=O)N[C@H]2C[C@H]3C(=O)N[C@@H](CC(C)C)C(=O)N3C2)cc1. The molecule has 1 aromatic carbocycles. The molecule has 0 aromatic heterocycles. The maximum absolute atomic E-state index is 12.6. The van der Waals surface area contributed by atoms with Crippen LogP contribution in [0.25, 0.3) is 0 Å². The Morgan fingerprint density at radius 2 is 2.00 bits per heavy atom. The Hall–Kier alpha value is -2.57. The van der Waals surface area contributed by atoms with E-state index in [-0.39, 0.29) is 17.9 Å². The summed E-state index contributed by atoms with van der Waals surface area (Å²) >= 11 is 0. The Kier molecular flexibility index (Phi) is 5.15. The smallest absolute Gasteiger partial charge is 0.410 e. The molecule has 3 rings (SSSR count). The molecule has 3 amide bonds. The van der Waals surface area contributed by atoms with Gasteiger partial charge in [0.25, 0.3) is 0 Å². The van der Waals surface area contributed by atoms with Crippen LogP contribution in [-0.4, -0.2) is 47.5 Å². The predicted octanol–water partition coefficient (Wildman–Crippen LogP) is 1.60. The molecule has 0 saturated carbocycles. The number of rotatable bonds is 4. The van der Waals surface area contributed by atoms with Gasteiger partial charge in [-0.1, -0.05) is 31.5 Å². The van der Waals surface area contributed by atoms with Gasteiger partial charge < -0.3 is 20.3 Å². The monoisotopic (exact) mass is 359 g/mol. The number of carbonyl (C=O) groups excluding carboxylic acids is 3. The average molecular weight is 359 g/mol. The lowest BCUT2D eigenvalue weighted by Gasteiger charge is -2.35. The van der Waals surface area contributed by atoms with E-state index in [0.29, 0.717) is 31.1 Å². The molecule has 3 atom stereocenters. The number of fused-ring (bicyclic) bond motifs is 1. The fourth-order valence-electron chi connectivity index (χ4n) is 3.50.